The van der Waals surface area contributed by atoms with Crippen LogP contribution in [0.1, 0.15) is 0 Å². The van der Waals surface area contributed by atoms with Crippen LogP contribution in [0.25, 0.3) is 0 Å². The third kappa shape index (κ3) is 3.43. The molecule has 1 saturated heterocycles. The van der Waals surface area contributed by atoms with Gasteiger partial charge in [0.1, 0.15) is 23.7 Å². The number of ether oxygens (including phenoxy) is 2. The molecule has 112 valence electrons. The van der Waals surface area contributed by atoms with Crippen molar-refractivity contribution in [3.05, 3.63) is 23.5 Å². The van der Waals surface area contributed by atoms with Crippen LogP contribution in [0, 0.1) is 0 Å². The molecular formula is C12H17ClN2O4S. The molecule has 5 atom stereocenters. The quantitative estimate of drug-likeness (QED) is 0.731. The maximum Gasteiger partial charge on any atom is 0.136 e. The zero-order chi connectivity index (χ0) is 14.7. The first-order valence-electron chi connectivity index (χ1n) is 6.06. The van der Waals surface area contributed by atoms with Gasteiger partial charge in [0, 0.05) is 24.4 Å². The van der Waals surface area contributed by atoms with Crippen LogP contribution in [0.3, 0.4) is 0 Å². The molecule has 0 amide bonds. The van der Waals surface area contributed by atoms with E-state index in [4.69, 9.17) is 26.8 Å². The van der Waals surface area contributed by atoms with Crippen molar-refractivity contribution in [2.75, 3.05) is 13.7 Å². The van der Waals surface area contributed by atoms with Crippen molar-refractivity contribution in [2.45, 2.75) is 34.7 Å². The van der Waals surface area contributed by atoms with Gasteiger partial charge in [-0.15, -0.1) is 0 Å². The Morgan fingerprint density at radius 3 is 2.90 bits per heavy atom. The van der Waals surface area contributed by atoms with Gasteiger partial charge in [-0.3, -0.25) is 4.98 Å². The Balaban J connectivity index is 2.15. The van der Waals surface area contributed by atoms with Crippen molar-refractivity contribution < 1.29 is 19.7 Å². The van der Waals surface area contributed by atoms with Crippen molar-refractivity contribution in [2.24, 2.45) is 5.73 Å². The summed E-state index contributed by atoms with van der Waals surface area (Å²) in [7, 11) is 1.50. The molecule has 6 nitrogen and oxygen atoms in total. The molecule has 20 heavy (non-hydrogen) atoms. The van der Waals surface area contributed by atoms with Gasteiger partial charge >= 0.3 is 0 Å². The van der Waals surface area contributed by atoms with E-state index < -0.39 is 29.8 Å². The lowest BCUT2D eigenvalue weighted by molar-refractivity contribution is -0.167. The fourth-order valence-electron chi connectivity index (χ4n) is 2.06. The largest absolute Gasteiger partial charge is 0.394 e. The van der Waals surface area contributed by atoms with E-state index in [1.165, 1.54) is 25.1 Å². The molecule has 0 bridgehead atoms. The molecule has 0 aromatic carbocycles. The fourth-order valence-corrected chi connectivity index (χ4v) is 3.51. The van der Waals surface area contributed by atoms with Crippen LogP contribution in [-0.2, 0) is 9.47 Å². The van der Waals surface area contributed by atoms with Crippen LogP contribution < -0.4 is 5.73 Å². The number of nitrogens with two attached hydrogens (primary N) is 1. The van der Waals surface area contributed by atoms with Gasteiger partial charge in [0.25, 0.3) is 0 Å². The van der Waals surface area contributed by atoms with Gasteiger partial charge in [0.2, 0.25) is 0 Å². The third-order valence-electron chi connectivity index (χ3n) is 3.12. The number of aliphatic hydroxyl groups excluding tert-OH is 2. The van der Waals surface area contributed by atoms with E-state index in [0.717, 1.165) is 4.90 Å². The van der Waals surface area contributed by atoms with E-state index in [9.17, 15) is 10.2 Å². The second kappa shape index (κ2) is 7.04. The van der Waals surface area contributed by atoms with Crippen LogP contribution in [0.5, 0.6) is 0 Å². The molecule has 1 aliphatic rings. The molecular weight excluding hydrogens is 304 g/mol. The van der Waals surface area contributed by atoms with Gasteiger partial charge in [0.15, 0.2) is 0 Å². The van der Waals surface area contributed by atoms with E-state index in [1.54, 1.807) is 12.3 Å². The van der Waals surface area contributed by atoms with Gasteiger partial charge in [-0.05, 0) is 6.07 Å². The standard InChI is InChI=1S/C12H17ClN2O4S/c1-18-11-9(14)10(17)8(5-16)19-12(11)20-7-2-6(13)3-15-4-7/h2-4,8-12,16-17H,5,14H2,1H3. The van der Waals surface area contributed by atoms with Crippen LogP contribution in [0.15, 0.2) is 23.4 Å². The predicted octanol–water partition coefficient (Wildman–Crippen LogP) is 0.248. The Hall–Kier alpha value is -0.410. The predicted molar refractivity (Wildman–Crippen MR) is 75.6 cm³/mol. The van der Waals surface area contributed by atoms with Gasteiger partial charge in [-0.1, -0.05) is 23.4 Å². The molecule has 8 heteroatoms. The maximum atomic E-state index is 9.93. The third-order valence-corrected chi connectivity index (χ3v) is 4.43. The summed E-state index contributed by atoms with van der Waals surface area (Å²) in [5, 5.41) is 19.7. The molecule has 0 radical (unpaired) electrons. The van der Waals surface area contributed by atoms with E-state index in [-0.39, 0.29) is 6.61 Å². The minimum absolute atomic E-state index is 0.309. The lowest BCUT2D eigenvalue weighted by Crippen LogP contribution is -2.61. The monoisotopic (exact) mass is 320 g/mol. The van der Waals surface area contributed by atoms with Crippen LogP contribution in [-0.4, -0.2) is 58.7 Å². The van der Waals surface area contributed by atoms with E-state index in [2.05, 4.69) is 4.98 Å². The zero-order valence-corrected chi connectivity index (χ0v) is 12.4. The smallest absolute Gasteiger partial charge is 0.136 e. The van der Waals surface area contributed by atoms with Gasteiger partial charge in [-0.2, -0.15) is 0 Å². The van der Waals surface area contributed by atoms with Crippen molar-refractivity contribution in [1.82, 2.24) is 4.98 Å². The number of hydrogen-bond acceptors (Lipinski definition) is 7. The molecule has 5 unspecified atom stereocenters. The molecule has 2 heterocycles. The highest BCUT2D eigenvalue weighted by atomic mass is 35.5. The summed E-state index contributed by atoms with van der Waals surface area (Å²) in [4.78, 5) is 4.79. The fraction of sp³-hybridized carbons (Fsp3) is 0.583. The Morgan fingerprint density at radius 1 is 1.55 bits per heavy atom. The second-order valence-corrected chi connectivity index (χ2v) is 6.06. The van der Waals surface area contributed by atoms with E-state index >= 15 is 0 Å². The summed E-state index contributed by atoms with van der Waals surface area (Å²) >= 11 is 7.23. The Kier molecular flexibility index (Phi) is 5.62. The molecule has 4 N–H and O–H groups in total. The van der Waals surface area contributed by atoms with E-state index in [1.807, 2.05) is 0 Å². The van der Waals surface area contributed by atoms with Crippen molar-refractivity contribution in [3.8, 4) is 0 Å². The van der Waals surface area contributed by atoms with Crippen LogP contribution >= 0.6 is 23.4 Å². The second-order valence-electron chi connectivity index (χ2n) is 4.45. The molecule has 1 fully saturated rings. The summed E-state index contributed by atoms with van der Waals surface area (Å²) in [6.45, 7) is -0.309. The number of aromatic nitrogens is 1. The van der Waals surface area contributed by atoms with Crippen LogP contribution in [0.2, 0.25) is 5.02 Å². The number of rotatable bonds is 4. The average molecular weight is 321 g/mol. The maximum absolute atomic E-state index is 9.93. The topological polar surface area (TPSA) is 97.8 Å². The minimum atomic E-state index is -0.973. The number of hydrogen-bond donors (Lipinski definition) is 3. The average Bonchev–Trinajstić information content (AvgIpc) is 2.43. The summed E-state index contributed by atoms with van der Waals surface area (Å²) in [6.07, 6.45) is 0.974. The highest BCUT2D eigenvalue weighted by Crippen LogP contribution is 2.34. The molecule has 0 spiro atoms. The molecule has 2 rings (SSSR count). The highest BCUT2D eigenvalue weighted by Gasteiger charge is 2.43. The zero-order valence-electron chi connectivity index (χ0n) is 10.8. The first-order valence-corrected chi connectivity index (χ1v) is 7.32. The van der Waals surface area contributed by atoms with Crippen LogP contribution in [0.4, 0.5) is 0 Å². The van der Waals surface area contributed by atoms with Crippen molar-refractivity contribution >= 4 is 23.4 Å². The SMILES string of the molecule is COC1C(Sc2cncc(Cl)c2)OC(CO)C(O)C1N. The Morgan fingerprint density at radius 2 is 2.30 bits per heavy atom. The number of nitrogens with zero attached hydrogens (tertiary/aromatic N) is 1. The number of thioether (sulfide) groups is 1. The first kappa shape index (κ1) is 16.0. The van der Waals surface area contributed by atoms with E-state index in [0.29, 0.717) is 5.02 Å². The lowest BCUT2D eigenvalue weighted by atomic mass is 9.98. The highest BCUT2D eigenvalue weighted by molar-refractivity contribution is 7.99. The molecule has 1 aromatic heterocycles. The minimum Gasteiger partial charge on any atom is -0.394 e. The molecule has 1 aliphatic heterocycles. The summed E-state index contributed by atoms with van der Waals surface area (Å²) < 4.78 is 11.0. The first-order chi connectivity index (χ1) is 9.56. The summed E-state index contributed by atoms with van der Waals surface area (Å²) in [6, 6.07) is 1.11. The molecule has 0 aliphatic carbocycles. The van der Waals surface area contributed by atoms with Crippen molar-refractivity contribution in [3.63, 3.8) is 0 Å². The number of halogens is 1. The Labute approximate surface area is 126 Å². The lowest BCUT2D eigenvalue weighted by Gasteiger charge is -2.42. The van der Waals surface area contributed by atoms with Gasteiger partial charge in [0.05, 0.1) is 17.7 Å². The summed E-state index contributed by atoms with van der Waals surface area (Å²) in [5.41, 5.74) is 5.49. The number of methoxy groups -OCH3 is 1. The van der Waals surface area contributed by atoms with Gasteiger partial charge in [-0.25, -0.2) is 0 Å². The van der Waals surface area contributed by atoms with Gasteiger partial charge < -0.3 is 25.4 Å². The number of aliphatic hydroxyl groups is 2. The Bertz CT molecular complexity index is 453. The molecule has 1 aromatic rings. The molecule has 0 saturated carbocycles. The number of pyridine rings is 1. The van der Waals surface area contributed by atoms with Crippen molar-refractivity contribution in [1.29, 1.82) is 0 Å². The normalized spacial score (nSPS) is 34.1. The summed E-state index contributed by atoms with van der Waals surface area (Å²) in [5.74, 6) is 0.